The summed E-state index contributed by atoms with van der Waals surface area (Å²) >= 11 is 0. The first-order valence-corrected chi connectivity index (χ1v) is 6.35. The Balaban J connectivity index is 1.86. The van der Waals surface area contributed by atoms with Gasteiger partial charge >= 0.3 is 5.97 Å². The van der Waals surface area contributed by atoms with Crippen LogP contribution in [-0.2, 0) is 22.6 Å². The molecule has 0 bridgehead atoms. The summed E-state index contributed by atoms with van der Waals surface area (Å²) in [5.41, 5.74) is 1.15. The normalized spacial score (nSPS) is 10.3. The molecule has 2 rings (SSSR count). The predicted molar refractivity (Wildman–Crippen MR) is 74.9 cm³/mol. The zero-order valence-corrected chi connectivity index (χ0v) is 11.2. The molecular formula is C14H15N3O4. The lowest BCUT2D eigenvalue weighted by Crippen LogP contribution is -2.12. The fraction of sp³-hybridized carbons (Fsp3) is 0.214. The van der Waals surface area contributed by atoms with Crippen LogP contribution in [0.15, 0.2) is 36.7 Å². The van der Waals surface area contributed by atoms with Crippen LogP contribution in [-0.4, -0.2) is 31.9 Å². The van der Waals surface area contributed by atoms with Crippen molar-refractivity contribution in [2.45, 2.75) is 19.4 Å². The summed E-state index contributed by atoms with van der Waals surface area (Å²) in [6, 6.07) is 6.84. The number of aryl methyl sites for hydroxylation is 1. The van der Waals surface area contributed by atoms with Crippen LogP contribution in [0.3, 0.4) is 0 Å². The number of nitrogens with one attached hydrogen (secondary N) is 1. The second-order valence-corrected chi connectivity index (χ2v) is 4.50. The quantitative estimate of drug-likeness (QED) is 0.742. The lowest BCUT2D eigenvalue weighted by atomic mass is 10.1. The van der Waals surface area contributed by atoms with Crippen LogP contribution in [0.5, 0.6) is 5.75 Å². The monoisotopic (exact) mass is 289 g/mol. The van der Waals surface area contributed by atoms with Gasteiger partial charge in [0, 0.05) is 12.6 Å². The van der Waals surface area contributed by atoms with Gasteiger partial charge in [0.1, 0.15) is 12.3 Å². The van der Waals surface area contributed by atoms with Crippen molar-refractivity contribution in [3.8, 4) is 5.75 Å². The smallest absolute Gasteiger partial charge is 0.325 e. The molecule has 0 spiro atoms. The number of carbonyl (C=O) groups excluding carboxylic acids is 1. The number of para-hydroxylation sites is 1. The summed E-state index contributed by atoms with van der Waals surface area (Å²) in [7, 11) is 0. The molecule has 0 saturated heterocycles. The van der Waals surface area contributed by atoms with E-state index in [-0.39, 0.29) is 24.6 Å². The fourth-order valence-corrected chi connectivity index (χ4v) is 1.85. The van der Waals surface area contributed by atoms with Gasteiger partial charge in [-0.25, -0.2) is 0 Å². The molecule has 2 aromatic rings. The number of carbonyl (C=O) groups is 2. The van der Waals surface area contributed by atoms with Gasteiger partial charge in [-0.2, -0.15) is 5.10 Å². The number of carboxylic acids is 1. The highest BCUT2D eigenvalue weighted by Crippen LogP contribution is 2.17. The topological polar surface area (TPSA) is 104 Å². The Kier molecular flexibility index (Phi) is 4.55. The minimum absolute atomic E-state index is 0.166. The van der Waals surface area contributed by atoms with Gasteiger partial charge in [-0.15, -0.1) is 0 Å². The van der Waals surface area contributed by atoms with Crippen LogP contribution >= 0.6 is 0 Å². The van der Waals surface area contributed by atoms with Gasteiger partial charge in [0.05, 0.1) is 11.9 Å². The third-order valence-corrected chi connectivity index (χ3v) is 2.83. The number of nitrogens with zero attached hydrogens (tertiary/aromatic N) is 2. The molecule has 0 unspecified atom stereocenters. The van der Waals surface area contributed by atoms with Crippen molar-refractivity contribution in [2.75, 3.05) is 5.32 Å². The van der Waals surface area contributed by atoms with Crippen LogP contribution in [0.4, 0.5) is 5.69 Å². The van der Waals surface area contributed by atoms with Crippen molar-refractivity contribution in [3.05, 3.63) is 42.2 Å². The Morgan fingerprint density at radius 2 is 2.05 bits per heavy atom. The average Bonchev–Trinajstić information content (AvgIpc) is 2.84. The van der Waals surface area contributed by atoms with Crippen molar-refractivity contribution >= 4 is 17.6 Å². The molecule has 1 amide bonds. The van der Waals surface area contributed by atoms with Gasteiger partial charge in [0.25, 0.3) is 0 Å². The van der Waals surface area contributed by atoms with E-state index in [0.717, 1.165) is 0 Å². The van der Waals surface area contributed by atoms with Crippen molar-refractivity contribution in [1.82, 2.24) is 9.78 Å². The van der Waals surface area contributed by atoms with Crippen LogP contribution in [0.1, 0.15) is 12.0 Å². The lowest BCUT2D eigenvalue weighted by Gasteiger charge is -2.04. The average molecular weight is 289 g/mol. The van der Waals surface area contributed by atoms with Gasteiger partial charge in [-0.05, 0) is 18.1 Å². The summed E-state index contributed by atoms with van der Waals surface area (Å²) in [5.74, 6) is -1.07. The fourth-order valence-electron chi connectivity index (χ4n) is 1.85. The molecule has 0 radical (unpaired) electrons. The summed E-state index contributed by atoms with van der Waals surface area (Å²) in [5, 5.41) is 24.7. The van der Waals surface area contributed by atoms with E-state index < -0.39 is 5.97 Å². The van der Waals surface area contributed by atoms with E-state index in [9.17, 15) is 14.7 Å². The minimum Gasteiger partial charge on any atom is -0.508 e. The van der Waals surface area contributed by atoms with Crippen molar-refractivity contribution in [2.24, 2.45) is 0 Å². The number of phenolic OH excluding ortho intramolecular Hbond substituents is 1. The van der Waals surface area contributed by atoms with Gasteiger partial charge in [0.2, 0.25) is 5.91 Å². The summed E-state index contributed by atoms with van der Waals surface area (Å²) in [6.07, 6.45) is 3.47. The maximum Gasteiger partial charge on any atom is 0.325 e. The molecule has 7 nitrogen and oxygen atoms in total. The van der Waals surface area contributed by atoms with Gasteiger partial charge in [0.15, 0.2) is 0 Å². The molecule has 0 aliphatic rings. The molecule has 0 saturated carbocycles. The maximum atomic E-state index is 11.8. The highest BCUT2D eigenvalue weighted by Gasteiger charge is 2.08. The molecule has 0 atom stereocenters. The van der Waals surface area contributed by atoms with Gasteiger partial charge in [-0.1, -0.05) is 18.2 Å². The predicted octanol–water partition coefficient (Wildman–Crippen LogP) is 1.24. The van der Waals surface area contributed by atoms with E-state index in [1.807, 2.05) is 0 Å². The maximum absolute atomic E-state index is 11.8. The van der Waals surface area contributed by atoms with E-state index in [4.69, 9.17) is 5.11 Å². The number of carboxylic acid groups (broad SMARTS) is 1. The number of amides is 1. The number of anilines is 1. The SMILES string of the molecule is O=C(O)Cn1cc(NC(=O)CCc2ccccc2O)cn1. The highest BCUT2D eigenvalue weighted by atomic mass is 16.4. The second kappa shape index (κ2) is 6.56. The Morgan fingerprint density at radius 3 is 2.76 bits per heavy atom. The molecule has 0 fully saturated rings. The molecule has 1 aromatic carbocycles. The van der Waals surface area contributed by atoms with Gasteiger partial charge in [-0.3, -0.25) is 14.3 Å². The minimum atomic E-state index is -1.00. The summed E-state index contributed by atoms with van der Waals surface area (Å²) in [4.78, 5) is 22.3. The highest BCUT2D eigenvalue weighted by molar-refractivity contribution is 5.90. The summed E-state index contributed by atoms with van der Waals surface area (Å²) < 4.78 is 1.22. The van der Waals surface area contributed by atoms with E-state index in [1.54, 1.807) is 24.3 Å². The molecule has 1 heterocycles. The molecule has 1 aromatic heterocycles. The first-order chi connectivity index (χ1) is 10.0. The molecule has 21 heavy (non-hydrogen) atoms. The van der Waals surface area contributed by atoms with E-state index in [2.05, 4.69) is 10.4 Å². The molecule has 0 aliphatic heterocycles. The first kappa shape index (κ1) is 14.6. The van der Waals surface area contributed by atoms with Crippen LogP contribution in [0.25, 0.3) is 0 Å². The number of rotatable bonds is 6. The van der Waals surface area contributed by atoms with Crippen molar-refractivity contribution in [3.63, 3.8) is 0 Å². The molecule has 7 heteroatoms. The van der Waals surface area contributed by atoms with Crippen molar-refractivity contribution < 1.29 is 19.8 Å². The Bertz CT molecular complexity index is 651. The Hall–Kier alpha value is -2.83. The first-order valence-electron chi connectivity index (χ1n) is 6.35. The number of aliphatic carboxylic acids is 1. The van der Waals surface area contributed by atoms with E-state index in [1.165, 1.54) is 17.1 Å². The number of benzene rings is 1. The van der Waals surface area contributed by atoms with Crippen molar-refractivity contribution in [1.29, 1.82) is 0 Å². The molecule has 110 valence electrons. The molecular weight excluding hydrogens is 274 g/mol. The van der Waals surface area contributed by atoms with E-state index in [0.29, 0.717) is 17.7 Å². The zero-order chi connectivity index (χ0) is 15.2. The number of hydrogen-bond donors (Lipinski definition) is 3. The zero-order valence-electron chi connectivity index (χ0n) is 11.2. The number of hydrogen-bond acceptors (Lipinski definition) is 4. The van der Waals surface area contributed by atoms with Crippen LogP contribution < -0.4 is 5.32 Å². The Labute approximate surface area is 120 Å². The molecule has 3 N–H and O–H groups in total. The number of phenols is 1. The van der Waals surface area contributed by atoms with Gasteiger partial charge < -0.3 is 15.5 Å². The van der Waals surface area contributed by atoms with Crippen LogP contribution in [0, 0.1) is 0 Å². The third kappa shape index (κ3) is 4.34. The third-order valence-electron chi connectivity index (χ3n) is 2.83. The summed E-state index contributed by atoms with van der Waals surface area (Å²) in [6.45, 7) is -0.256. The lowest BCUT2D eigenvalue weighted by molar-refractivity contribution is -0.137. The van der Waals surface area contributed by atoms with E-state index >= 15 is 0 Å². The largest absolute Gasteiger partial charge is 0.508 e. The Morgan fingerprint density at radius 1 is 1.29 bits per heavy atom. The number of aromatic nitrogens is 2. The second-order valence-electron chi connectivity index (χ2n) is 4.50. The standard InChI is InChI=1S/C14H15N3O4/c18-12-4-2-1-3-10(12)5-6-13(19)16-11-7-15-17(8-11)9-14(20)21/h1-4,7-8,18H,5-6,9H2,(H,16,19)(H,20,21). The van der Waals surface area contributed by atoms with Crippen LogP contribution in [0.2, 0.25) is 0 Å². The number of aromatic hydroxyl groups is 1. The molecule has 0 aliphatic carbocycles.